The summed E-state index contributed by atoms with van der Waals surface area (Å²) >= 11 is 0. The minimum atomic E-state index is -1.52. The summed E-state index contributed by atoms with van der Waals surface area (Å²) in [5.41, 5.74) is 6.00. The lowest BCUT2D eigenvalue weighted by atomic mass is 9.90. The van der Waals surface area contributed by atoms with E-state index in [0.717, 1.165) is 0 Å². The summed E-state index contributed by atoms with van der Waals surface area (Å²) in [6.07, 6.45) is -0.711. The van der Waals surface area contributed by atoms with Crippen molar-refractivity contribution in [3.05, 3.63) is 29.8 Å². The second-order valence-corrected chi connectivity index (χ2v) is 17.9. The van der Waals surface area contributed by atoms with Gasteiger partial charge >= 0.3 is 12.1 Å². The van der Waals surface area contributed by atoms with Crippen molar-refractivity contribution in [2.24, 2.45) is 23.5 Å². The molecule has 15 heteroatoms. The third-order valence-corrected chi connectivity index (χ3v) is 10.7. The molecular weight excluding hydrogens is 759 g/mol. The molecule has 0 bridgehead atoms. The predicted octanol–water partition coefficient (Wildman–Crippen LogP) is 4.54. The predicted molar refractivity (Wildman–Crippen MR) is 225 cm³/mol. The molecule has 1 aromatic carbocycles. The number of aliphatic hydroxyl groups excluding tert-OH is 1. The number of aliphatic hydroxyl groups is 1. The molecule has 1 saturated heterocycles. The van der Waals surface area contributed by atoms with Crippen LogP contribution in [-0.2, 0) is 39.9 Å². The van der Waals surface area contributed by atoms with Gasteiger partial charge in [-0.05, 0) is 88.8 Å². The fourth-order valence-corrected chi connectivity index (χ4v) is 7.06. The highest BCUT2D eigenvalue weighted by molar-refractivity contribution is 5.93. The fourth-order valence-electron chi connectivity index (χ4n) is 7.06. The molecule has 334 valence electrons. The van der Waals surface area contributed by atoms with Crippen LogP contribution < -0.4 is 21.1 Å². The van der Waals surface area contributed by atoms with Crippen molar-refractivity contribution in [2.75, 3.05) is 20.7 Å². The molecule has 0 unspecified atom stereocenters. The Hall–Kier alpha value is -4.24. The zero-order valence-electron chi connectivity index (χ0n) is 37.5. The van der Waals surface area contributed by atoms with Crippen LogP contribution in [0.1, 0.15) is 120 Å². The Bertz CT molecular complexity index is 1540. The number of likely N-dealkylation sites (tertiary alicyclic amines) is 1. The number of rotatable bonds is 22. The molecule has 1 heterocycles. The molecule has 5 N–H and O–H groups in total. The van der Waals surface area contributed by atoms with Gasteiger partial charge in [-0.25, -0.2) is 9.59 Å². The summed E-state index contributed by atoms with van der Waals surface area (Å²) in [5.74, 6) is -1.78. The molecule has 0 aromatic heterocycles. The van der Waals surface area contributed by atoms with Crippen LogP contribution in [0.15, 0.2) is 24.3 Å². The van der Waals surface area contributed by atoms with Crippen LogP contribution in [0.25, 0.3) is 0 Å². The Morgan fingerprint density at radius 3 is 2.15 bits per heavy atom. The number of nitrogens with zero attached hydrogens (tertiary/aromatic N) is 2. The number of nitrogens with two attached hydrogens (primary N) is 1. The van der Waals surface area contributed by atoms with E-state index in [4.69, 9.17) is 19.9 Å². The van der Waals surface area contributed by atoms with Crippen molar-refractivity contribution in [2.45, 2.75) is 169 Å². The molecule has 1 aromatic rings. The Morgan fingerprint density at radius 1 is 0.983 bits per heavy atom. The lowest BCUT2D eigenvalue weighted by molar-refractivity contribution is -0.161. The van der Waals surface area contributed by atoms with E-state index in [2.05, 4.69) is 10.6 Å². The van der Waals surface area contributed by atoms with Crippen LogP contribution in [0, 0.1) is 17.8 Å². The van der Waals surface area contributed by atoms with Crippen LogP contribution in [0.2, 0.25) is 0 Å². The summed E-state index contributed by atoms with van der Waals surface area (Å²) in [6.45, 7) is 18.4. The van der Waals surface area contributed by atoms with Crippen LogP contribution in [-0.4, -0.2) is 119 Å². The number of benzene rings is 1. The number of nitrogens with one attached hydrogen (secondary N) is 2. The number of methoxy groups -OCH3 is 1. The van der Waals surface area contributed by atoms with Crippen molar-refractivity contribution < 1.29 is 48.1 Å². The molecule has 4 amide bonds. The summed E-state index contributed by atoms with van der Waals surface area (Å²) in [5, 5.41) is 16.6. The molecule has 0 saturated carbocycles. The summed E-state index contributed by atoms with van der Waals surface area (Å²) < 4.78 is 16.7. The van der Waals surface area contributed by atoms with Gasteiger partial charge in [0.05, 0.1) is 25.3 Å². The largest absolute Gasteiger partial charge is 0.497 e. The number of likely N-dealkylation sites (N-methyl/N-ethyl adjacent to an activating group) is 1. The van der Waals surface area contributed by atoms with Gasteiger partial charge in [0.2, 0.25) is 17.7 Å². The van der Waals surface area contributed by atoms with Crippen molar-refractivity contribution in [1.82, 2.24) is 20.4 Å². The van der Waals surface area contributed by atoms with Gasteiger partial charge in [-0.15, -0.1) is 0 Å². The minimum absolute atomic E-state index is 0.00872. The molecule has 59 heavy (non-hydrogen) atoms. The molecule has 0 aliphatic carbocycles. The molecular formula is C44H73N5O10. The first-order chi connectivity index (χ1) is 27.5. The van der Waals surface area contributed by atoms with E-state index in [-0.39, 0.29) is 36.4 Å². The number of amides is 4. The molecule has 2 rings (SSSR count). The SMILES string of the molecule is CC[C@H](C)[C@@H](NC(=O)[C@@H](NC(=O)OC(C)(C)C)[C@@H](C)OC(=O)[C@H](Cc1ccc(OC)cc1)N(C)C(=O)[C@@H]1CCCN1C(=O)[C@@H](N)CC(C)C)[C@@H](O)CC(=O)CCC(C)C. The van der Waals surface area contributed by atoms with Gasteiger partial charge < -0.3 is 45.5 Å². The fraction of sp³-hybridized carbons (Fsp3) is 0.727. The Morgan fingerprint density at radius 2 is 1.61 bits per heavy atom. The summed E-state index contributed by atoms with van der Waals surface area (Å²) in [4.78, 5) is 84.9. The lowest BCUT2D eigenvalue weighted by Crippen LogP contribution is -2.59. The Labute approximate surface area is 351 Å². The van der Waals surface area contributed by atoms with Crippen LogP contribution in [0.5, 0.6) is 5.75 Å². The molecule has 0 spiro atoms. The smallest absolute Gasteiger partial charge is 0.408 e. The Balaban J connectivity index is 2.48. The first-order valence-corrected chi connectivity index (χ1v) is 21.1. The number of carbonyl (C=O) groups is 6. The molecule has 1 aliphatic heterocycles. The molecule has 1 aliphatic rings. The van der Waals surface area contributed by atoms with E-state index in [1.54, 1.807) is 45.0 Å². The van der Waals surface area contributed by atoms with Crippen LogP contribution in [0.3, 0.4) is 0 Å². The topological polar surface area (TPSA) is 207 Å². The normalized spacial score (nSPS) is 17.9. The van der Waals surface area contributed by atoms with Gasteiger partial charge in [-0.3, -0.25) is 19.2 Å². The van der Waals surface area contributed by atoms with E-state index in [9.17, 15) is 33.9 Å². The first kappa shape index (κ1) is 50.9. The van der Waals surface area contributed by atoms with Crippen LogP contribution >= 0.6 is 0 Å². The van der Waals surface area contributed by atoms with Gasteiger partial charge in [0.15, 0.2) is 0 Å². The third kappa shape index (κ3) is 16.4. The summed E-state index contributed by atoms with van der Waals surface area (Å²) in [6, 6.07) is 1.72. The van der Waals surface area contributed by atoms with Crippen LogP contribution in [0.4, 0.5) is 4.79 Å². The zero-order chi connectivity index (χ0) is 44.8. The van der Waals surface area contributed by atoms with Gasteiger partial charge in [0, 0.05) is 32.9 Å². The quantitative estimate of drug-likeness (QED) is 0.119. The second-order valence-electron chi connectivity index (χ2n) is 17.9. The molecule has 0 radical (unpaired) electrons. The second kappa shape index (κ2) is 23.5. The monoisotopic (exact) mass is 832 g/mol. The molecule has 15 nitrogen and oxygen atoms in total. The maximum absolute atomic E-state index is 14.3. The highest BCUT2D eigenvalue weighted by Crippen LogP contribution is 2.24. The van der Waals surface area contributed by atoms with Crippen molar-refractivity contribution in [3.8, 4) is 5.75 Å². The van der Waals surface area contributed by atoms with E-state index in [1.807, 2.05) is 41.5 Å². The van der Waals surface area contributed by atoms with E-state index in [1.165, 1.54) is 30.9 Å². The highest BCUT2D eigenvalue weighted by Gasteiger charge is 2.42. The first-order valence-electron chi connectivity index (χ1n) is 21.1. The van der Waals surface area contributed by atoms with Gasteiger partial charge in [-0.1, -0.05) is 60.1 Å². The van der Waals surface area contributed by atoms with E-state index in [0.29, 0.717) is 62.3 Å². The van der Waals surface area contributed by atoms with Crippen molar-refractivity contribution >= 4 is 35.6 Å². The van der Waals surface area contributed by atoms with Crippen molar-refractivity contribution in [3.63, 3.8) is 0 Å². The number of hydrogen-bond acceptors (Lipinski definition) is 11. The van der Waals surface area contributed by atoms with Gasteiger partial charge in [-0.2, -0.15) is 0 Å². The van der Waals surface area contributed by atoms with Crippen molar-refractivity contribution in [1.29, 1.82) is 0 Å². The minimum Gasteiger partial charge on any atom is -0.497 e. The molecule has 8 atom stereocenters. The molecule has 1 fully saturated rings. The lowest BCUT2D eigenvalue weighted by Gasteiger charge is -2.35. The summed E-state index contributed by atoms with van der Waals surface area (Å²) in [7, 11) is 3.00. The number of ether oxygens (including phenoxy) is 3. The Kier molecular flexibility index (Phi) is 20.3. The number of esters is 1. The number of Topliss-reactive ketones (excluding diaryl/α,β-unsaturated/α-hetero) is 1. The van der Waals surface area contributed by atoms with E-state index < -0.39 is 71.9 Å². The standard InChI is InChI=1S/C44H73N5O10/c1-13-28(6)37(36(51)25-31(50)19-16-26(2)3)46-39(52)38(47-43(56)59-44(8,9)10)29(7)58-42(55)35(24-30-17-20-32(57-12)21-18-30)48(11)41(54)34-15-14-22-49(34)40(53)33(45)23-27(4)5/h17-18,20-21,26-29,33-38,51H,13-16,19,22-25,45H2,1-12H3,(H,46,52)(H,47,56)/t28-,29+,33-,34-,35-,36-,37+,38-/m0/s1. The number of carbonyl (C=O) groups excluding carboxylic acids is 6. The average Bonchev–Trinajstić information content (AvgIpc) is 3.65. The van der Waals surface area contributed by atoms with Gasteiger partial charge in [0.25, 0.3) is 0 Å². The maximum Gasteiger partial charge on any atom is 0.408 e. The zero-order valence-corrected chi connectivity index (χ0v) is 37.5. The third-order valence-electron chi connectivity index (χ3n) is 10.7. The van der Waals surface area contributed by atoms with E-state index >= 15 is 0 Å². The highest BCUT2D eigenvalue weighted by atomic mass is 16.6. The maximum atomic E-state index is 14.3. The number of hydrogen-bond donors (Lipinski definition) is 4. The average molecular weight is 832 g/mol. The number of alkyl carbamates (subject to hydrolysis) is 1. The number of ketones is 1. The van der Waals surface area contributed by atoms with Gasteiger partial charge in [0.1, 0.15) is 41.4 Å².